The number of thioether (sulfide) groups is 1. The number of hydrogen-bond donors (Lipinski definition) is 1. The molecular weight excluding hydrogens is 510 g/mol. The number of halogens is 4. The standard InChI is InChI=1S/C23H26Cl4N2O2S/c1-3-9-28-23(31)21(4-2)29(12-15-5-8-18(25)20(27)10-15)22(30)14-32-13-16-6-7-17(24)11-19(16)26/h5-8,10-11,21H,3-4,9,12-14H2,1-2H3,(H,28,31)/t21-/m1/s1. The summed E-state index contributed by atoms with van der Waals surface area (Å²) in [5.74, 6) is 0.470. The average molecular weight is 536 g/mol. The molecule has 2 aromatic carbocycles. The first-order valence-electron chi connectivity index (χ1n) is 10.3. The third-order valence-electron chi connectivity index (χ3n) is 4.77. The number of nitrogens with one attached hydrogen (secondary N) is 1. The van der Waals surface area contributed by atoms with Crippen LogP contribution in [-0.2, 0) is 21.9 Å². The maximum Gasteiger partial charge on any atom is 0.242 e. The van der Waals surface area contributed by atoms with Crippen LogP contribution in [0.1, 0.15) is 37.8 Å². The second kappa shape index (κ2) is 13.6. The van der Waals surface area contributed by atoms with Crippen molar-refractivity contribution in [2.24, 2.45) is 0 Å². The van der Waals surface area contributed by atoms with E-state index in [0.29, 0.717) is 38.8 Å². The van der Waals surface area contributed by atoms with Gasteiger partial charge in [-0.25, -0.2) is 0 Å². The van der Waals surface area contributed by atoms with Crippen molar-refractivity contribution >= 4 is 70.0 Å². The van der Waals surface area contributed by atoms with E-state index in [2.05, 4.69) is 5.32 Å². The second-order valence-corrected chi connectivity index (χ2v) is 9.86. The Labute approximate surface area is 213 Å². The lowest BCUT2D eigenvalue weighted by molar-refractivity contribution is -0.139. The summed E-state index contributed by atoms with van der Waals surface area (Å²) in [4.78, 5) is 27.6. The molecule has 32 heavy (non-hydrogen) atoms. The fourth-order valence-electron chi connectivity index (χ4n) is 3.09. The second-order valence-electron chi connectivity index (χ2n) is 7.21. The molecule has 9 heteroatoms. The van der Waals surface area contributed by atoms with E-state index in [9.17, 15) is 9.59 Å². The minimum Gasteiger partial charge on any atom is -0.354 e. The van der Waals surface area contributed by atoms with Gasteiger partial charge in [0.05, 0.1) is 15.8 Å². The third kappa shape index (κ3) is 8.03. The van der Waals surface area contributed by atoms with Gasteiger partial charge in [-0.1, -0.05) is 72.4 Å². The highest BCUT2D eigenvalue weighted by Crippen LogP contribution is 2.26. The quantitative estimate of drug-likeness (QED) is 0.341. The van der Waals surface area contributed by atoms with Crippen LogP contribution in [0, 0.1) is 0 Å². The van der Waals surface area contributed by atoms with Crippen LogP contribution in [0.5, 0.6) is 0 Å². The third-order valence-corrected chi connectivity index (χ3v) is 7.06. The zero-order valence-electron chi connectivity index (χ0n) is 18.0. The molecule has 1 atom stereocenters. The summed E-state index contributed by atoms with van der Waals surface area (Å²) in [6.45, 7) is 4.70. The molecule has 0 spiro atoms. The topological polar surface area (TPSA) is 49.4 Å². The Kier molecular flexibility index (Phi) is 11.5. The van der Waals surface area contributed by atoms with Gasteiger partial charge in [0.25, 0.3) is 0 Å². The molecule has 0 saturated carbocycles. The molecule has 174 valence electrons. The normalized spacial score (nSPS) is 11.8. The molecule has 0 saturated heterocycles. The number of benzene rings is 2. The molecule has 0 aliphatic carbocycles. The molecule has 0 fully saturated rings. The van der Waals surface area contributed by atoms with E-state index < -0.39 is 6.04 Å². The summed E-state index contributed by atoms with van der Waals surface area (Å²) < 4.78 is 0. The predicted octanol–water partition coefficient (Wildman–Crippen LogP) is 6.87. The van der Waals surface area contributed by atoms with Crippen LogP contribution in [0.4, 0.5) is 0 Å². The molecule has 0 heterocycles. The summed E-state index contributed by atoms with van der Waals surface area (Å²) in [6, 6.07) is 9.95. The van der Waals surface area contributed by atoms with Gasteiger partial charge in [-0.3, -0.25) is 9.59 Å². The van der Waals surface area contributed by atoms with Gasteiger partial charge in [0, 0.05) is 28.9 Å². The van der Waals surface area contributed by atoms with Crippen LogP contribution < -0.4 is 5.32 Å². The van der Waals surface area contributed by atoms with Crippen molar-refractivity contribution in [1.29, 1.82) is 0 Å². The lowest BCUT2D eigenvalue weighted by Gasteiger charge is -2.30. The Morgan fingerprint density at radius 1 is 1.00 bits per heavy atom. The van der Waals surface area contributed by atoms with E-state index >= 15 is 0 Å². The van der Waals surface area contributed by atoms with Crippen LogP contribution in [0.3, 0.4) is 0 Å². The number of carbonyl (C=O) groups excluding carboxylic acids is 2. The van der Waals surface area contributed by atoms with Crippen LogP contribution in [0.25, 0.3) is 0 Å². The molecule has 0 bridgehead atoms. The number of hydrogen-bond acceptors (Lipinski definition) is 3. The van der Waals surface area contributed by atoms with Gasteiger partial charge in [-0.05, 0) is 48.2 Å². The zero-order valence-corrected chi connectivity index (χ0v) is 21.8. The van der Waals surface area contributed by atoms with Crippen LogP contribution >= 0.6 is 58.2 Å². The Morgan fingerprint density at radius 2 is 1.75 bits per heavy atom. The van der Waals surface area contributed by atoms with E-state index in [1.54, 1.807) is 29.2 Å². The molecule has 0 radical (unpaired) electrons. The summed E-state index contributed by atoms with van der Waals surface area (Å²) in [5.41, 5.74) is 1.71. The fourth-order valence-corrected chi connectivity index (χ4v) is 4.88. The highest BCUT2D eigenvalue weighted by Gasteiger charge is 2.28. The minimum atomic E-state index is -0.580. The summed E-state index contributed by atoms with van der Waals surface area (Å²) >= 11 is 25.8. The zero-order chi connectivity index (χ0) is 23.7. The van der Waals surface area contributed by atoms with E-state index in [1.807, 2.05) is 26.0 Å². The van der Waals surface area contributed by atoms with Crippen molar-refractivity contribution in [2.45, 2.75) is 45.0 Å². The van der Waals surface area contributed by atoms with E-state index in [0.717, 1.165) is 17.5 Å². The Balaban J connectivity index is 2.16. The van der Waals surface area contributed by atoms with Crippen molar-refractivity contribution in [2.75, 3.05) is 12.3 Å². The summed E-state index contributed by atoms with van der Waals surface area (Å²) in [7, 11) is 0. The molecule has 0 unspecified atom stereocenters. The molecule has 0 aromatic heterocycles. The molecule has 2 amide bonds. The smallest absolute Gasteiger partial charge is 0.242 e. The van der Waals surface area contributed by atoms with E-state index in [4.69, 9.17) is 46.4 Å². The van der Waals surface area contributed by atoms with Gasteiger partial charge < -0.3 is 10.2 Å². The Hall–Kier alpha value is -1.11. The van der Waals surface area contributed by atoms with Gasteiger partial charge in [0.2, 0.25) is 11.8 Å². The summed E-state index contributed by atoms with van der Waals surface area (Å²) in [6.07, 6.45) is 1.32. The van der Waals surface area contributed by atoms with Crippen LogP contribution in [-0.4, -0.2) is 35.1 Å². The first-order chi connectivity index (χ1) is 15.3. The molecule has 2 rings (SSSR count). The van der Waals surface area contributed by atoms with Crippen molar-refractivity contribution in [3.63, 3.8) is 0 Å². The lowest BCUT2D eigenvalue weighted by Crippen LogP contribution is -2.49. The van der Waals surface area contributed by atoms with Crippen molar-refractivity contribution in [3.8, 4) is 0 Å². The van der Waals surface area contributed by atoms with Gasteiger partial charge in [-0.15, -0.1) is 11.8 Å². The maximum atomic E-state index is 13.2. The van der Waals surface area contributed by atoms with Gasteiger partial charge in [0.15, 0.2) is 0 Å². The molecule has 0 aliphatic heterocycles. The van der Waals surface area contributed by atoms with Gasteiger partial charge in [0.1, 0.15) is 6.04 Å². The van der Waals surface area contributed by atoms with Crippen molar-refractivity contribution in [3.05, 3.63) is 67.6 Å². The Morgan fingerprint density at radius 3 is 2.38 bits per heavy atom. The number of rotatable bonds is 11. The van der Waals surface area contributed by atoms with E-state index in [-0.39, 0.29) is 24.1 Å². The van der Waals surface area contributed by atoms with Crippen molar-refractivity contribution in [1.82, 2.24) is 10.2 Å². The highest BCUT2D eigenvalue weighted by molar-refractivity contribution is 7.99. The molecular formula is C23H26Cl4N2O2S. The Bertz CT molecular complexity index is 942. The largest absolute Gasteiger partial charge is 0.354 e. The molecule has 0 aliphatic rings. The highest BCUT2D eigenvalue weighted by atomic mass is 35.5. The summed E-state index contributed by atoms with van der Waals surface area (Å²) in [5, 5.41) is 4.88. The maximum absolute atomic E-state index is 13.2. The number of amides is 2. The van der Waals surface area contributed by atoms with Gasteiger partial charge in [-0.2, -0.15) is 0 Å². The first kappa shape index (κ1) is 27.1. The average Bonchev–Trinajstić information content (AvgIpc) is 2.76. The number of carbonyl (C=O) groups is 2. The predicted molar refractivity (Wildman–Crippen MR) is 137 cm³/mol. The molecule has 1 N–H and O–H groups in total. The fraction of sp³-hybridized carbons (Fsp3) is 0.391. The monoisotopic (exact) mass is 534 g/mol. The van der Waals surface area contributed by atoms with Crippen LogP contribution in [0.15, 0.2) is 36.4 Å². The number of nitrogens with zero attached hydrogens (tertiary/aromatic N) is 1. The minimum absolute atomic E-state index is 0.135. The molecule has 4 nitrogen and oxygen atoms in total. The first-order valence-corrected chi connectivity index (χ1v) is 13.0. The van der Waals surface area contributed by atoms with Crippen LogP contribution in [0.2, 0.25) is 20.1 Å². The van der Waals surface area contributed by atoms with E-state index in [1.165, 1.54) is 11.8 Å². The SMILES string of the molecule is CCCNC(=O)[C@@H](CC)N(Cc1ccc(Cl)c(Cl)c1)C(=O)CSCc1ccc(Cl)cc1Cl. The lowest BCUT2D eigenvalue weighted by atomic mass is 10.1. The van der Waals surface area contributed by atoms with Gasteiger partial charge >= 0.3 is 0 Å². The van der Waals surface area contributed by atoms with Crippen molar-refractivity contribution < 1.29 is 9.59 Å². The molecule has 2 aromatic rings.